The van der Waals surface area contributed by atoms with Gasteiger partial charge in [0.1, 0.15) is 0 Å². The van der Waals surface area contributed by atoms with Crippen molar-refractivity contribution in [3.05, 3.63) is 78.9 Å². The second kappa shape index (κ2) is 10.8. The molecule has 4 nitrogen and oxygen atoms in total. The van der Waals surface area contributed by atoms with Gasteiger partial charge in [-0.25, -0.2) is 4.98 Å². The number of carbonyl (C=O) groups excluding carboxylic acids is 1. The normalized spacial score (nSPS) is 11.1. The summed E-state index contributed by atoms with van der Waals surface area (Å²) in [4.78, 5) is 13.4. The molecule has 0 radical (unpaired) electrons. The quantitative estimate of drug-likeness (QED) is 0.422. The Morgan fingerprint density at radius 2 is 2.00 bits per heavy atom. The second-order valence-corrected chi connectivity index (χ2v) is 6.76. The molecule has 1 aromatic heterocycles. The van der Waals surface area contributed by atoms with Crippen molar-refractivity contribution in [3.63, 3.8) is 0 Å². The Bertz CT molecular complexity index is 988. The van der Waals surface area contributed by atoms with Crippen molar-refractivity contribution in [3.8, 4) is 11.1 Å². The summed E-state index contributed by atoms with van der Waals surface area (Å²) in [6, 6.07) is 14.9. The highest BCUT2D eigenvalue weighted by atomic mass is 32.1. The average Bonchev–Trinajstić information content (AvgIpc) is 3.12. The Morgan fingerprint density at radius 3 is 2.61 bits per heavy atom. The van der Waals surface area contributed by atoms with Crippen molar-refractivity contribution in [1.29, 1.82) is 0 Å². The highest BCUT2D eigenvalue weighted by Crippen LogP contribution is 2.37. The van der Waals surface area contributed by atoms with Crippen molar-refractivity contribution < 1.29 is 4.79 Å². The predicted octanol–water partition coefficient (Wildman–Crippen LogP) is 5.64. The average molecular weight is 392 g/mol. The molecule has 144 valence electrons. The Labute approximate surface area is 170 Å². The van der Waals surface area contributed by atoms with Gasteiger partial charge in [0.15, 0.2) is 5.13 Å². The van der Waals surface area contributed by atoms with Gasteiger partial charge in [-0.1, -0.05) is 72.6 Å². The van der Waals surface area contributed by atoms with Gasteiger partial charge >= 0.3 is 0 Å². The Morgan fingerprint density at radius 1 is 1.29 bits per heavy atom. The van der Waals surface area contributed by atoms with E-state index in [9.17, 15) is 0 Å². The fourth-order valence-electron chi connectivity index (χ4n) is 2.79. The van der Waals surface area contributed by atoms with Crippen LogP contribution in [0.15, 0.2) is 73.3 Å². The fourth-order valence-corrected chi connectivity index (χ4v) is 3.84. The Balaban J connectivity index is 0.000000878. The molecule has 1 amide bonds. The van der Waals surface area contributed by atoms with Gasteiger partial charge in [0.25, 0.3) is 0 Å². The van der Waals surface area contributed by atoms with Crippen LogP contribution in [0.2, 0.25) is 0 Å². The molecule has 28 heavy (non-hydrogen) atoms. The van der Waals surface area contributed by atoms with E-state index >= 15 is 0 Å². The first-order valence-electron chi connectivity index (χ1n) is 9.03. The molecule has 0 aliphatic rings. The molecule has 0 unspecified atom stereocenters. The first kappa shape index (κ1) is 21.1. The maximum absolute atomic E-state index is 8.58. The number of nitrogens with zero attached hydrogens (tertiary/aromatic N) is 1. The van der Waals surface area contributed by atoms with Gasteiger partial charge < -0.3 is 11.1 Å². The number of hydrogen-bond donors (Lipinski definition) is 2. The topological polar surface area (TPSA) is 68.0 Å². The van der Waals surface area contributed by atoms with E-state index in [-0.39, 0.29) is 6.41 Å². The number of carbonyl (C=O) groups is 1. The van der Waals surface area contributed by atoms with Gasteiger partial charge in [-0.05, 0) is 42.7 Å². The van der Waals surface area contributed by atoms with Gasteiger partial charge in [-0.15, -0.1) is 0 Å². The first-order valence-corrected chi connectivity index (χ1v) is 9.85. The predicted molar refractivity (Wildman–Crippen MR) is 122 cm³/mol. The summed E-state index contributed by atoms with van der Waals surface area (Å²) in [5.74, 6) is 0. The summed E-state index contributed by atoms with van der Waals surface area (Å²) in [6.07, 6.45) is 8.22. The lowest BCUT2D eigenvalue weighted by Gasteiger charge is -2.08. The molecule has 3 aromatic rings. The third kappa shape index (κ3) is 5.18. The number of benzene rings is 2. The van der Waals surface area contributed by atoms with Gasteiger partial charge in [-0.2, -0.15) is 0 Å². The van der Waals surface area contributed by atoms with Crippen molar-refractivity contribution in [2.75, 3.05) is 11.9 Å². The first-order chi connectivity index (χ1) is 13.7. The minimum atomic E-state index is 0.250. The van der Waals surface area contributed by atoms with Crippen LogP contribution < -0.4 is 11.1 Å². The third-order valence-electron chi connectivity index (χ3n) is 3.96. The zero-order valence-electron chi connectivity index (χ0n) is 16.2. The number of primary amides is 1. The minimum Gasteiger partial charge on any atom is -0.372 e. The molecule has 0 saturated carbocycles. The lowest BCUT2D eigenvalue weighted by molar-refractivity contribution is -0.106. The van der Waals surface area contributed by atoms with E-state index < -0.39 is 0 Å². The highest BCUT2D eigenvalue weighted by molar-refractivity contribution is 7.22. The lowest BCUT2D eigenvalue weighted by atomic mass is 9.98. The number of nitrogens with two attached hydrogens (primary N) is 1. The number of amides is 1. The zero-order chi connectivity index (χ0) is 20.4. The molecule has 0 saturated heterocycles. The number of fused-ring (bicyclic) bond motifs is 1. The van der Waals surface area contributed by atoms with Crippen LogP contribution >= 0.6 is 11.3 Å². The van der Waals surface area contributed by atoms with Gasteiger partial charge in [-0.3, -0.25) is 4.79 Å². The molecule has 0 aliphatic carbocycles. The monoisotopic (exact) mass is 391 g/mol. The van der Waals surface area contributed by atoms with Gasteiger partial charge in [0.05, 0.1) is 10.2 Å². The number of rotatable bonds is 6. The van der Waals surface area contributed by atoms with Crippen LogP contribution in [0.3, 0.4) is 0 Å². The Hall–Kier alpha value is -3.18. The van der Waals surface area contributed by atoms with E-state index in [1.54, 1.807) is 17.4 Å². The number of aromatic nitrogens is 1. The Kier molecular flexibility index (Phi) is 8.18. The van der Waals surface area contributed by atoms with Crippen LogP contribution in [0.25, 0.3) is 26.9 Å². The van der Waals surface area contributed by atoms with Gasteiger partial charge in [0, 0.05) is 12.1 Å². The van der Waals surface area contributed by atoms with Crippen LogP contribution in [-0.2, 0) is 4.79 Å². The van der Waals surface area contributed by atoms with Crippen molar-refractivity contribution >= 4 is 38.7 Å². The number of anilines is 1. The highest BCUT2D eigenvalue weighted by Gasteiger charge is 2.12. The van der Waals surface area contributed by atoms with Crippen LogP contribution in [0.1, 0.15) is 19.4 Å². The van der Waals surface area contributed by atoms with E-state index in [1.165, 1.54) is 21.4 Å². The number of nitrogens with one attached hydrogen (secondary N) is 1. The summed E-state index contributed by atoms with van der Waals surface area (Å²) in [6.45, 7) is 8.78. The molecule has 1 heterocycles. The van der Waals surface area contributed by atoms with Crippen molar-refractivity contribution in [2.45, 2.75) is 13.8 Å². The fraction of sp³-hybridized carbons (Fsp3) is 0.130. The van der Waals surface area contributed by atoms with Crippen molar-refractivity contribution in [1.82, 2.24) is 4.98 Å². The molecule has 3 rings (SSSR count). The lowest BCUT2D eigenvalue weighted by Crippen LogP contribution is -1.94. The minimum absolute atomic E-state index is 0.250. The van der Waals surface area contributed by atoms with E-state index in [0.29, 0.717) is 0 Å². The van der Waals surface area contributed by atoms with E-state index in [2.05, 4.69) is 80.0 Å². The summed E-state index contributed by atoms with van der Waals surface area (Å²) < 4.78 is 1.22. The summed E-state index contributed by atoms with van der Waals surface area (Å²) in [7, 11) is 0. The maximum atomic E-state index is 8.58. The molecule has 0 bridgehead atoms. The number of hydrogen-bond acceptors (Lipinski definition) is 4. The largest absolute Gasteiger partial charge is 0.372 e. The van der Waals surface area contributed by atoms with Gasteiger partial charge in [0.2, 0.25) is 6.41 Å². The maximum Gasteiger partial charge on any atom is 0.204 e. The van der Waals surface area contributed by atoms with E-state index in [0.717, 1.165) is 22.8 Å². The molecule has 3 N–H and O–H groups in total. The molecule has 5 heteroatoms. The summed E-state index contributed by atoms with van der Waals surface area (Å²) in [5.41, 5.74) is 9.96. The second-order valence-electron chi connectivity index (χ2n) is 5.76. The number of thiazole rings is 1. The molecule has 2 aromatic carbocycles. The zero-order valence-corrected chi connectivity index (χ0v) is 17.0. The third-order valence-corrected chi connectivity index (χ3v) is 5.02. The molecule has 0 fully saturated rings. The van der Waals surface area contributed by atoms with E-state index in [4.69, 9.17) is 9.78 Å². The number of allylic oxidation sites excluding steroid dienone is 5. The molecular weight excluding hydrogens is 366 g/mol. The molecule has 0 aliphatic heterocycles. The van der Waals surface area contributed by atoms with Crippen molar-refractivity contribution in [2.24, 2.45) is 5.73 Å². The van der Waals surface area contributed by atoms with E-state index in [1.807, 2.05) is 12.1 Å². The van der Waals surface area contributed by atoms with Crippen LogP contribution in [0, 0.1) is 0 Å². The van der Waals surface area contributed by atoms with Crippen LogP contribution in [0.5, 0.6) is 0 Å². The smallest absolute Gasteiger partial charge is 0.204 e. The summed E-state index contributed by atoms with van der Waals surface area (Å²) >= 11 is 1.71. The molecular formula is C23H25N3OS. The van der Waals surface area contributed by atoms with Crippen LogP contribution in [0.4, 0.5) is 5.13 Å². The SMILES string of the molecule is C=C/C=C\C(=C/C)c1cc(-c2ccccc2)c2sc(NCC)nc2c1.NC=O. The standard InChI is InChI=1S/C22H22N2S.CH3NO/c1-4-7-11-16(5-2)18-14-19(17-12-9-8-10-13-17)21-20(15-18)24-22(25-21)23-6-3;2-1-3/h4-5,7-15H,1,6H2,2-3H3,(H,23,24);1H,(H2,2,3)/b11-7-,16-5+;. The molecule has 0 spiro atoms. The summed E-state index contributed by atoms with van der Waals surface area (Å²) in [5, 5.41) is 4.31. The van der Waals surface area contributed by atoms with Crippen LogP contribution in [-0.4, -0.2) is 17.9 Å². The molecule has 0 atom stereocenters.